The summed E-state index contributed by atoms with van der Waals surface area (Å²) in [4.78, 5) is 14.5. The minimum atomic E-state index is -0.520. The minimum absolute atomic E-state index is 0.110. The average Bonchev–Trinajstić information content (AvgIpc) is 3.19. The van der Waals surface area contributed by atoms with Gasteiger partial charge in [-0.25, -0.2) is 4.39 Å². The van der Waals surface area contributed by atoms with Gasteiger partial charge in [-0.2, -0.15) is 10.1 Å². The molecule has 118 valence electrons. The number of aromatic nitrogens is 4. The summed E-state index contributed by atoms with van der Waals surface area (Å²) in [6, 6.07) is 5.29. The smallest absolute Gasteiger partial charge is 0.307 e. The maximum Gasteiger partial charge on any atom is 0.307 e. The standard InChI is InChI=1S/C14H12FN5O3/c1-2-12(19-8-11(7-16-19)20(21)22)14-17-13(18-23-14)9-3-5-10(15)6-4-9/h3-8,12H,2H2,1H3. The zero-order valence-electron chi connectivity index (χ0n) is 12.1. The molecule has 3 rings (SSSR count). The van der Waals surface area contributed by atoms with E-state index in [1.165, 1.54) is 29.2 Å². The monoisotopic (exact) mass is 317 g/mol. The lowest BCUT2D eigenvalue weighted by Crippen LogP contribution is -2.10. The van der Waals surface area contributed by atoms with E-state index in [0.29, 0.717) is 17.8 Å². The van der Waals surface area contributed by atoms with Gasteiger partial charge in [-0.3, -0.25) is 14.8 Å². The Morgan fingerprint density at radius 1 is 1.39 bits per heavy atom. The van der Waals surface area contributed by atoms with Gasteiger partial charge in [0.05, 0.1) is 4.92 Å². The Balaban J connectivity index is 1.90. The molecular weight excluding hydrogens is 305 g/mol. The summed E-state index contributed by atoms with van der Waals surface area (Å²) < 4.78 is 19.6. The molecular formula is C14H12FN5O3. The molecule has 0 aliphatic rings. The molecule has 0 N–H and O–H groups in total. The first-order valence-electron chi connectivity index (χ1n) is 6.86. The molecule has 2 aromatic heterocycles. The van der Waals surface area contributed by atoms with Crippen LogP contribution >= 0.6 is 0 Å². The molecule has 0 aliphatic carbocycles. The SMILES string of the molecule is CCC(c1nc(-c2ccc(F)cc2)no1)n1cc([N+](=O)[O-])cn1. The molecule has 1 unspecified atom stereocenters. The summed E-state index contributed by atoms with van der Waals surface area (Å²) in [6.07, 6.45) is 3.04. The van der Waals surface area contributed by atoms with E-state index >= 15 is 0 Å². The fourth-order valence-corrected chi connectivity index (χ4v) is 2.15. The van der Waals surface area contributed by atoms with E-state index in [1.54, 1.807) is 12.1 Å². The number of halogens is 1. The summed E-state index contributed by atoms with van der Waals surface area (Å²) in [5.74, 6) is 0.248. The minimum Gasteiger partial charge on any atom is -0.337 e. The number of nitro groups is 1. The normalized spacial score (nSPS) is 12.3. The zero-order valence-corrected chi connectivity index (χ0v) is 12.1. The van der Waals surface area contributed by atoms with Crippen molar-refractivity contribution in [2.75, 3.05) is 0 Å². The zero-order chi connectivity index (χ0) is 16.4. The predicted molar refractivity (Wildman–Crippen MR) is 77.0 cm³/mol. The molecule has 0 saturated carbocycles. The average molecular weight is 317 g/mol. The Bertz CT molecular complexity index is 827. The molecule has 0 fully saturated rings. The Hall–Kier alpha value is -3.10. The molecule has 1 atom stereocenters. The fraction of sp³-hybridized carbons (Fsp3) is 0.214. The molecule has 3 aromatic rings. The molecule has 0 radical (unpaired) electrons. The van der Waals surface area contributed by atoms with Crippen molar-refractivity contribution in [3.8, 4) is 11.4 Å². The van der Waals surface area contributed by atoms with Gasteiger partial charge < -0.3 is 4.52 Å². The quantitative estimate of drug-likeness (QED) is 0.530. The van der Waals surface area contributed by atoms with Gasteiger partial charge in [0.25, 0.3) is 5.89 Å². The summed E-state index contributed by atoms with van der Waals surface area (Å²) >= 11 is 0. The molecule has 0 bridgehead atoms. The van der Waals surface area contributed by atoms with Crippen LogP contribution in [0.5, 0.6) is 0 Å². The van der Waals surface area contributed by atoms with Gasteiger partial charge >= 0.3 is 5.69 Å². The highest BCUT2D eigenvalue weighted by molar-refractivity contribution is 5.53. The lowest BCUT2D eigenvalue weighted by Gasteiger charge is -2.09. The Kier molecular flexibility index (Phi) is 3.83. The third-order valence-corrected chi connectivity index (χ3v) is 3.33. The van der Waals surface area contributed by atoms with Crippen molar-refractivity contribution in [3.05, 3.63) is 58.5 Å². The van der Waals surface area contributed by atoms with E-state index in [2.05, 4.69) is 15.2 Å². The molecule has 0 saturated heterocycles. The Labute approximate surface area is 129 Å². The summed E-state index contributed by atoms with van der Waals surface area (Å²) in [5, 5.41) is 18.6. The van der Waals surface area contributed by atoms with Crippen molar-refractivity contribution in [2.24, 2.45) is 0 Å². The van der Waals surface area contributed by atoms with Gasteiger partial charge in [-0.1, -0.05) is 12.1 Å². The Morgan fingerprint density at radius 3 is 2.74 bits per heavy atom. The van der Waals surface area contributed by atoms with Crippen LogP contribution in [0.15, 0.2) is 41.2 Å². The number of nitrogens with zero attached hydrogens (tertiary/aromatic N) is 5. The molecule has 9 heteroatoms. The summed E-state index contributed by atoms with van der Waals surface area (Å²) in [7, 11) is 0. The number of rotatable bonds is 5. The number of hydrogen-bond acceptors (Lipinski definition) is 6. The van der Waals surface area contributed by atoms with Gasteiger partial charge in [-0.05, 0) is 30.7 Å². The first-order valence-corrected chi connectivity index (χ1v) is 6.86. The van der Waals surface area contributed by atoms with E-state index in [1.807, 2.05) is 6.92 Å². The van der Waals surface area contributed by atoms with E-state index in [-0.39, 0.29) is 17.4 Å². The van der Waals surface area contributed by atoms with E-state index < -0.39 is 11.0 Å². The van der Waals surface area contributed by atoms with Gasteiger partial charge in [0.1, 0.15) is 24.3 Å². The third kappa shape index (κ3) is 2.93. The molecule has 2 heterocycles. The van der Waals surface area contributed by atoms with Crippen molar-refractivity contribution in [1.29, 1.82) is 0 Å². The van der Waals surface area contributed by atoms with Gasteiger partial charge in [-0.15, -0.1) is 0 Å². The predicted octanol–water partition coefficient (Wildman–Crippen LogP) is 2.98. The molecule has 0 spiro atoms. The topological polar surface area (TPSA) is 99.9 Å². The highest BCUT2D eigenvalue weighted by Crippen LogP contribution is 2.24. The second-order valence-electron chi connectivity index (χ2n) is 4.82. The summed E-state index contributed by atoms with van der Waals surface area (Å²) in [5.41, 5.74) is 0.504. The molecule has 0 amide bonds. The fourth-order valence-electron chi connectivity index (χ4n) is 2.15. The highest BCUT2D eigenvalue weighted by atomic mass is 19.1. The Morgan fingerprint density at radius 2 is 2.13 bits per heavy atom. The van der Waals surface area contributed by atoms with Crippen LogP contribution in [0.2, 0.25) is 0 Å². The van der Waals surface area contributed by atoms with Gasteiger partial charge in [0.15, 0.2) is 0 Å². The van der Waals surface area contributed by atoms with Crippen molar-refractivity contribution in [2.45, 2.75) is 19.4 Å². The molecule has 1 aromatic carbocycles. The maximum absolute atomic E-state index is 12.9. The maximum atomic E-state index is 12.9. The van der Waals surface area contributed by atoms with Crippen LogP contribution < -0.4 is 0 Å². The first-order chi connectivity index (χ1) is 11.1. The third-order valence-electron chi connectivity index (χ3n) is 3.33. The van der Waals surface area contributed by atoms with E-state index in [0.717, 1.165) is 0 Å². The van der Waals surface area contributed by atoms with Crippen LogP contribution in [0, 0.1) is 15.9 Å². The van der Waals surface area contributed by atoms with Gasteiger partial charge in [0, 0.05) is 5.56 Å². The molecule has 0 aliphatic heterocycles. The van der Waals surface area contributed by atoms with Crippen molar-refractivity contribution in [1.82, 2.24) is 19.9 Å². The largest absolute Gasteiger partial charge is 0.337 e. The molecule has 23 heavy (non-hydrogen) atoms. The number of benzene rings is 1. The lowest BCUT2D eigenvalue weighted by molar-refractivity contribution is -0.385. The van der Waals surface area contributed by atoms with Crippen molar-refractivity contribution < 1.29 is 13.8 Å². The van der Waals surface area contributed by atoms with E-state index in [4.69, 9.17) is 4.52 Å². The number of hydrogen-bond donors (Lipinski definition) is 0. The van der Waals surface area contributed by atoms with Crippen LogP contribution in [0.4, 0.5) is 10.1 Å². The summed E-state index contributed by atoms with van der Waals surface area (Å²) in [6.45, 7) is 1.87. The molecule has 8 nitrogen and oxygen atoms in total. The lowest BCUT2D eigenvalue weighted by atomic mass is 10.2. The van der Waals surface area contributed by atoms with Crippen LogP contribution in [-0.2, 0) is 0 Å². The van der Waals surface area contributed by atoms with Gasteiger partial charge in [0.2, 0.25) is 5.82 Å². The second kappa shape index (κ2) is 5.95. The van der Waals surface area contributed by atoms with Crippen LogP contribution in [-0.4, -0.2) is 24.8 Å². The van der Waals surface area contributed by atoms with Crippen LogP contribution in [0.3, 0.4) is 0 Å². The first kappa shape index (κ1) is 14.8. The van der Waals surface area contributed by atoms with Crippen molar-refractivity contribution in [3.63, 3.8) is 0 Å². The van der Waals surface area contributed by atoms with Crippen LogP contribution in [0.1, 0.15) is 25.3 Å². The second-order valence-corrected chi connectivity index (χ2v) is 4.82. The van der Waals surface area contributed by atoms with Crippen molar-refractivity contribution >= 4 is 5.69 Å². The highest BCUT2D eigenvalue weighted by Gasteiger charge is 2.22. The van der Waals surface area contributed by atoms with E-state index in [9.17, 15) is 14.5 Å². The van der Waals surface area contributed by atoms with Crippen LogP contribution in [0.25, 0.3) is 11.4 Å².